The van der Waals surface area contributed by atoms with E-state index in [2.05, 4.69) is 37.7 Å². The summed E-state index contributed by atoms with van der Waals surface area (Å²) in [6, 6.07) is 1.67. The minimum Gasteiger partial charge on any atom is -0.443 e. The number of ether oxygens (including phenoxy) is 2. The molecule has 25 heavy (non-hydrogen) atoms. The maximum absolute atomic E-state index is 12.3. The number of hydrogen-bond donors (Lipinski definition) is 0. The Morgan fingerprint density at radius 3 is 2.08 bits per heavy atom. The standard InChI is InChI=1S/C17H22BrN3O4/c1-16(2,3)24-14(22)21(15(23)25-17(4,5)6)11-7-8-13-19-10-9-12(18)20-13/h9-10H,11H2,1-6H3. The number of halogens is 1. The summed E-state index contributed by atoms with van der Waals surface area (Å²) < 4.78 is 11.1. The molecule has 0 aliphatic heterocycles. The van der Waals surface area contributed by atoms with Crippen molar-refractivity contribution in [3.63, 3.8) is 0 Å². The molecule has 0 unspecified atom stereocenters. The lowest BCUT2D eigenvalue weighted by atomic mass is 10.2. The first-order valence-electron chi connectivity index (χ1n) is 7.58. The Hall–Kier alpha value is -2.14. The normalized spacial score (nSPS) is 11.2. The molecular weight excluding hydrogens is 390 g/mol. The number of imide groups is 1. The van der Waals surface area contributed by atoms with Gasteiger partial charge >= 0.3 is 12.2 Å². The molecular formula is C17H22BrN3O4. The van der Waals surface area contributed by atoms with E-state index in [-0.39, 0.29) is 12.4 Å². The summed E-state index contributed by atoms with van der Waals surface area (Å²) in [5.74, 6) is 5.65. The monoisotopic (exact) mass is 411 g/mol. The molecule has 0 bridgehead atoms. The molecule has 0 fully saturated rings. The molecule has 1 aromatic rings. The molecule has 136 valence electrons. The fourth-order valence-electron chi connectivity index (χ4n) is 1.43. The average Bonchev–Trinajstić information content (AvgIpc) is 2.39. The van der Waals surface area contributed by atoms with Crippen LogP contribution in [0.5, 0.6) is 0 Å². The molecule has 8 heteroatoms. The highest BCUT2D eigenvalue weighted by molar-refractivity contribution is 9.10. The number of hydrogen-bond acceptors (Lipinski definition) is 6. The van der Waals surface area contributed by atoms with Crippen LogP contribution in [0.25, 0.3) is 0 Å². The first kappa shape index (κ1) is 20.9. The van der Waals surface area contributed by atoms with Crippen molar-refractivity contribution in [3.05, 3.63) is 22.7 Å². The van der Waals surface area contributed by atoms with Gasteiger partial charge in [-0.1, -0.05) is 5.92 Å². The van der Waals surface area contributed by atoms with Crippen molar-refractivity contribution in [3.8, 4) is 11.8 Å². The van der Waals surface area contributed by atoms with Crippen LogP contribution in [0.4, 0.5) is 9.59 Å². The van der Waals surface area contributed by atoms with Gasteiger partial charge < -0.3 is 9.47 Å². The minimum atomic E-state index is -0.828. The maximum atomic E-state index is 12.3. The Labute approximate surface area is 156 Å². The summed E-state index contributed by atoms with van der Waals surface area (Å²) >= 11 is 3.22. The quantitative estimate of drug-likeness (QED) is 0.516. The lowest BCUT2D eigenvalue weighted by Gasteiger charge is -2.27. The fraction of sp³-hybridized carbons (Fsp3) is 0.529. The molecule has 0 N–H and O–H groups in total. The van der Waals surface area contributed by atoms with E-state index in [9.17, 15) is 9.59 Å². The van der Waals surface area contributed by atoms with E-state index < -0.39 is 23.4 Å². The van der Waals surface area contributed by atoms with E-state index in [4.69, 9.17) is 9.47 Å². The van der Waals surface area contributed by atoms with Gasteiger partial charge in [-0.05, 0) is 69.5 Å². The summed E-state index contributed by atoms with van der Waals surface area (Å²) in [5.41, 5.74) is -1.50. The number of rotatable bonds is 1. The van der Waals surface area contributed by atoms with Crippen LogP contribution in [-0.2, 0) is 9.47 Å². The van der Waals surface area contributed by atoms with Crippen LogP contribution in [0.15, 0.2) is 16.9 Å². The number of amides is 2. The first-order chi connectivity index (χ1) is 11.4. The molecule has 7 nitrogen and oxygen atoms in total. The number of nitrogens with zero attached hydrogens (tertiary/aromatic N) is 3. The van der Waals surface area contributed by atoms with Gasteiger partial charge in [0.25, 0.3) is 0 Å². The van der Waals surface area contributed by atoms with Crippen molar-refractivity contribution in [1.82, 2.24) is 14.9 Å². The largest absolute Gasteiger partial charge is 0.443 e. The van der Waals surface area contributed by atoms with Crippen LogP contribution in [0, 0.1) is 11.8 Å². The minimum absolute atomic E-state index is 0.209. The zero-order valence-corrected chi connectivity index (χ0v) is 16.8. The molecule has 0 aliphatic carbocycles. The second kappa shape index (κ2) is 8.30. The highest BCUT2D eigenvalue weighted by Crippen LogP contribution is 2.14. The Morgan fingerprint density at radius 1 is 1.12 bits per heavy atom. The van der Waals surface area contributed by atoms with Crippen molar-refractivity contribution < 1.29 is 19.1 Å². The molecule has 0 spiro atoms. The third kappa shape index (κ3) is 8.49. The van der Waals surface area contributed by atoms with E-state index >= 15 is 0 Å². The molecule has 0 saturated heterocycles. The van der Waals surface area contributed by atoms with Crippen molar-refractivity contribution in [1.29, 1.82) is 0 Å². The predicted molar refractivity (Wildman–Crippen MR) is 95.8 cm³/mol. The van der Waals surface area contributed by atoms with E-state index in [1.807, 2.05) is 0 Å². The average molecular weight is 412 g/mol. The van der Waals surface area contributed by atoms with Gasteiger partial charge in [0.2, 0.25) is 5.82 Å². The van der Waals surface area contributed by atoms with Crippen LogP contribution in [-0.4, -0.2) is 44.8 Å². The second-order valence-corrected chi connectivity index (χ2v) is 7.86. The van der Waals surface area contributed by atoms with Gasteiger partial charge in [-0.2, -0.15) is 0 Å². The van der Waals surface area contributed by atoms with Crippen LogP contribution < -0.4 is 0 Å². The summed E-state index contributed by atoms with van der Waals surface area (Å²) in [7, 11) is 0. The number of aromatic nitrogens is 2. The lowest BCUT2D eigenvalue weighted by molar-refractivity contribution is 0.00412. The first-order valence-corrected chi connectivity index (χ1v) is 8.37. The van der Waals surface area contributed by atoms with Crippen LogP contribution in [0.3, 0.4) is 0 Å². The lowest BCUT2D eigenvalue weighted by Crippen LogP contribution is -2.43. The Balaban J connectivity index is 2.95. The highest BCUT2D eigenvalue weighted by atomic mass is 79.9. The van der Waals surface area contributed by atoms with Crippen LogP contribution in [0.1, 0.15) is 47.4 Å². The Bertz CT molecular complexity index is 668. The van der Waals surface area contributed by atoms with Gasteiger partial charge in [-0.15, -0.1) is 0 Å². The topological polar surface area (TPSA) is 81.6 Å². The molecule has 0 aliphatic rings. The van der Waals surface area contributed by atoms with Crippen LogP contribution >= 0.6 is 15.9 Å². The van der Waals surface area contributed by atoms with Gasteiger partial charge in [0.1, 0.15) is 15.8 Å². The number of carbonyl (C=O) groups is 2. The van der Waals surface area contributed by atoms with Gasteiger partial charge in [-0.25, -0.2) is 24.5 Å². The van der Waals surface area contributed by atoms with Gasteiger partial charge in [-0.3, -0.25) is 0 Å². The van der Waals surface area contributed by atoms with Crippen molar-refractivity contribution in [2.45, 2.75) is 52.7 Å². The molecule has 1 heterocycles. The maximum Gasteiger partial charge on any atom is 0.420 e. The third-order valence-electron chi connectivity index (χ3n) is 2.29. The molecule has 0 atom stereocenters. The summed E-state index contributed by atoms with van der Waals surface area (Å²) in [6.45, 7) is 10.0. The van der Waals surface area contributed by atoms with Crippen molar-refractivity contribution in [2.75, 3.05) is 6.54 Å². The van der Waals surface area contributed by atoms with E-state index in [0.717, 1.165) is 4.90 Å². The zero-order valence-electron chi connectivity index (χ0n) is 15.2. The molecule has 1 rings (SSSR count). The molecule has 0 radical (unpaired) electrons. The second-order valence-electron chi connectivity index (χ2n) is 7.05. The smallest absolute Gasteiger partial charge is 0.420 e. The highest BCUT2D eigenvalue weighted by Gasteiger charge is 2.30. The Kier molecular flexibility index (Phi) is 6.94. The van der Waals surface area contributed by atoms with Gasteiger partial charge in [0.15, 0.2) is 0 Å². The SMILES string of the molecule is CC(C)(C)OC(=O)N(CC#Cc1nccc(Br)n1)C(=O)OC(C)(C)C. The summed E-state index contributed by atoms with van der Waals surface area (Å²) in [5, 5.41) is 0. The van der Waals surface area contributed by atoms with Gasteiger partial charge in [0.05, 0.1) is 6.54 Å². The molecule has 1 aromatic heterocycles. The van der Waals surface area contributed by atoms with E-state index in [1.165, 1.54) is 0 Å². The third-order valence-corrected chi connectivity index (χ3v) is 2.73. The van der Waals surface area contributed by atoms with Crippen molar-refractivity contribution >= 4 is 28.1 Å². The molecule has 0 aromatic carbocycles. The molecule has 2 amide bonds. The zero-order chi connectivity index (χ0) is 19.3. The summed E-state index contributed by atoms with van der Waals surface area (Å²) in [6.07, 6.45) is -0.113. The summed E-state index contributed by atoms with van der Waals surface area (Å²) in [4.78, 5) is 33.4. The fourth-order valence-corrected chi connectivity index (χ4v) is 1.72. The van der Waals surface area contributed by atoms with E-state index in [0.29, 0.717) is 4.60 Å². The van der Waals surface area contributed by atoms with E-state index in [1.54, 1.807) is 53.8 Å². The predicted octanol–water partition coefficient (Wildman–Crippen LogP) is 3.76. The van der Waals surface area contributed by atoms with Gasteiger partial charge in [0, 0.05) is 6.20 Å². The van der Waals surface area contributed by atoms with Crippen LogP contribution in [0.2, 0.25) is 0 Å². The van der Waals surface area contributed by atoms with Crippen molar-refractivity contribution in [2.24, 2.45) is 0 Å². The molecule has 0 saturated carbocycles. The Morgan fingerprint density at radius 2 is 1.64 bits per heavy atom. The number of carbonyl (C=O) groups excluding carboxylic acids is 2.